The number of carboxylic acids is 1. The third-order valence-corrected chi connectivity index (χ3v) is 4.42. The molecule has 0 saturated heterocycles. The number of rotatable bonds is 6. The molecule has 0 fully saturated rings. The van der Waals surface area contributed by atoms with Crippen molar-refractivity contribution in [3.05, 3.63) is 95.6 Å². The Morgan fingerprint density at radius 3 is 2.14 bits per heavy atom. The molecule has 2 N–H and O–H groups in total. The van der Waals surface area contributed by atoms with Crippen LogP contribution in [0, 0.1) is 11.3 Å². The van der Waals surface area contributed by atoms with Crippen molar-refractivity contribution in [2.75, 3.05) is 0 Å². The lowest BCUT2D eigenvalue weighted by molar-refractivity contribution is -0.139. The van der Waals surface area contributed by atoms with Crippen LogP contribution in [0.15, 0.2) is 78.9 Å². The normalized spacial score (nSPS) is 11.2. The smallest absolute Gasteiger partial charge is 0.326 e. The Morgan fingerprint density at radius 1 is 0.893 bits per heavy atom. The van der Waals surface area contributed by atoms with Crippen molar-refractivity contribution in [2.24, 2.45) is 0 Å². The third kappa shape index (κ3) is 4.43. The van der Waals surface area contributed by atoms with Crippen molar-refractivity contribution in [3.63, 3.8) is 0 Å². The second-order valence-corrected chi connectivity index (χ2v) is 6.28. The largest absolute Gasteiger partial charge is 0.480 e. The lowest BCUT2D eigenvalue weighted by atomic mass is 10.00. The summed E-state index contributed by atoms with van der Waals surface area (Å²) in [7, 11) is 0. The molecule has 3 rings (SSSR count). The molecule has 0 heterocycles. The molecule has 0 bridgehead atoms. The Kier molecular flexibility index (Phi) is 5.83. The van der Waals surface area contributed by atoms with Crippen molar-refractivity contribution in [3.8, 4) is 17.2 Å². The van der Waals surface area contributed by atoms with Gasteiger partial charge in [0.15, 0.2) is 0 Å². The predicted molar refractivity (Wildman–Crippen MR) is 106 cm³/mol. The minimum absolute atomic E-state index is 0.0346. The number of amides is 1. The van der Waals surface area contributed by atoms with Crippen molar-refractivity contribution in [1.29, 1.82) is 5.26 Å². The van der Waals surface area contributed by atoms with Crippen LogP contribution in [0.1, 0.15) is 21.5 Å². The molecule has 0 aromatic heterocycles. The van der Waals surface area contributed by atoms with Crippen molar-refractivity contribution >= 4 is 11.9 Å². The van der Waals surface area contributed by atoms with Crippen LogP contribution in [0.4, 0.5) is 0 Å². The van der Waals surface area contributed by atoms with Gasteiger partial charge in [-0.2, -0.15) is 5.26 Å². The summed E-state index contributed by atoms with van der Waals surface area (Å²) in [5.41, 5.74) is 3.35. The van der Waals surface area contributed by atoms with Crippen LogP contribution in [0.25, 0.3) is 11.1 Å². The van der Waals surface area contributed by atoms with Gasteiger partial charge in [-0.1, -0.05) is 60.7 Å². The molecule has 0 radical (unpaired) electrons. The van der Waals surface area contributed by atoms with Gasteiger partial charge in [0.05, 0.1) is 11.6 Å². The van der Waals surface area contributed by atoms with Gasteiger partial charge in [-0.15, -0.1) is 0 Å². The number of nitrogens with one attached hydrogen (secondary N) is 1. The first kappa shape index (κ1) is 18.9. The Hall–Kier alpha value is -3.91. The molecule has 3 aromatic carbocycles. The topological polar surface area (TPSA) is 90.2 Å². The van der Waals surface area contributed by atoms with Gasteiger partial charge in [-0.05, 0) is 34.9 Å². The average Bonchev–Trinajstić information content (AvgIpc) is 2.74. The number of hydrogen-bond donors (Lipinski definition) is 2. The number of nitrogens with zero attached hydrogens (tertiary/aromatic N) is 1. The molecule has 28 heavy (non-hydrogen) atoms. The molecular weight excluding hydrogens is 352 g/mol. The molecular formula is C23H18N2O3. The third-order valence-electron chi connectivity index (χ3n) is 4.42. The van der Waals surface area contributed by atoms with Crippen LogP contribution in [0.3, 0.4) is 0 Å². The van der Waals surface area contributed by atoms with Crippen LogP contribution < -0.4 is 5.32 Å². The highest BCUT2D eigenvalue weighted by atomic mass is 16.4. The van der Waals surface area contributed by atoms with E-state index in [1.165, 1.54) is 0 Å². The summed E-state index contributed by atoms with van der Waals surface area (Å²) in [6.07, 6.45) is 0.0346. The van der Waals surface area contributed by atoms with E-state index in [2.05, 4.69) is 5.32 Å². The summed E-state index contributed by atoms with van der Waals surface area (Å²) in [6.45, 7) is 0. The standard InChI is InChI=1S/C23H18N2O3/c24-15-20-9-5-4-8-19(20)14-21(23(27)28)25-22(26)18-12-10-17(11-13-18)16-6-2-1-3-7-16/h1-13,21H,14H2,(H,25,26)(H,27,28)/t21-/m0/s1. The van der Waals surface area contributed by atoms with Crippen molar-refractivity contribution < 1.29 is 14.7 Å². The average molecular weight is 370 g/mol. The molecule has 0 unspecified atom stereocenters. The first-order chi connectivity index (χ1) is 13.6. The zero-order valence-electron chi connectivity index (χ0n) is 15.0. The molecule has 138 valence electrons. The molecule has 1 amide bonds. The highest BCUT2D eigenvalue weighted by Crippen LogP contribution is 2.19. The number of carbonyl (C=O) groups excluding carboxylic acids is 1. The van der Waals surface area contributed by atoms with E-state index in [-0.39, 0.29) is 6.42 Å². The Labute approximate surface area is 162 Å². The molecule has 0 aliphatic heterocycles. The molecule has 3 aromatic rings. The van der Waals surface area contributed by atoms with Gasteiger partial charge < -0.3 is 10.4 Å². The number of nitriles is 1. The molecule has 5 nitrogen and oxygen atoms in total. The molecule has 0 aliphatic carbocycles. The van der Waals surface area contributed by atoms with Crippen LogP contribution in [0.5, 0.6) is 0 Å². The number of benzene rings is 3. The van der Waals surface area contributed by atoms with Crippen LogP contribution >= 0.6 is 0 Å². The number of aliphatic carboxylic acids is 1. The highest BCUT2D eigenvalue weighted by Gasteiger charge is 2.22. The summed E-state index contributed by atoms with van der Waals surface area (Å²) in [5, 5.41) is 21.2. The van der Waals surface area contributed by atoms with Gasteiger partial charge in [0.2, 0.25) is 0 Å². The summed E-state index contributed by atoms with van der Waals surface area (Å²) < 4.78 is 0. The van der Waals surface area contributed by atoms with E-state index in [0.29, 0.717) is 16.7 Å². The maximum Gasteiger partial charge on any atom is 0.326 e. The first-order valence-electron chi connectivity index (χ1n) is 8.75. The van der Waals surface area contributed by atoms with E-state index < -0.39 is 17.9 Å². The van der Waals surface area contributed by atoms with E-state index in [4.69, 9.17) is 5.26 Å². The zero-order valence-corrected chi connectivity index (χ0v) is 15.0. The first-order valence-corrected chi connectivity index (χ1v) is 8.75. The van der Waals surface area contributed by atoms with Crippen LogP contribution in [-0.2, 0) is 11.2 Å². The van der Waals surface area contributed by atoms with E-state index in [1.807, 2.05) is 48.5 Å². The monoisotopic (exact) mass is 370 g/mol. The lowest BCUT2D eigenvalue weighted by Crippen LogP contribution is -2.42. The fraction of sp³-hybridized carbons (Fsp3) is 0.0870. The second-order valence-electron chi connectivity index (χ2n) is 6.28. The number of hydrogen-bond acceptors (Lipinski definition) is 3. The van der Waals surface area contributed by atoms with Gasteiger partial charge >= 0.3 is 5.97 Å². The van der Waals surface area contributed by atoms with Gasteiger partial charge in [0, 0.05) is 12.0 Å². The Balaban J connectivity index is 1.74. The predicted octanol–water partition coefficient (Wildman–Crippen LogP) is 3.65. The molecule has 0 saturated carbocycles. The van der Waals surface area contributed by atoms with E-state index in [0.717, 1.165) is 11.1 Å². The maximum absolute atomic E-state index is 12.5. The summed E-state index contributed by atoms with van der Waals surface area (Å²) in [6, 6.07) is 24.4. The number of carbonyl (C=O) groups is 2. The quantitative estimate of drug-likeness (QED) is 0.693. The van der Waals surface area contributed by atoms with Crippen molar-refractivity contribution in [2.45, 2.75) is 12.5 Å². The Morgan fingerprint density at radius 2 is 1.50 bits per heavy atom. The van der Waals surface area contributed by atoms with Gasteiger partial charge in [0.25, 0.3) is 5.91 Å². The van der Waals surface area contributed by atoms with E-state index in [1.54, 1.807) is 36.4 Å². The zero-order chi connectivity index (χ0) is 19.9. The SMILES string of the molecule is N#Cc1ccccc1C[C@H](NC(=O)c1ccc(-c2ccccc2)cc1)C(=O)O. The minimum atomic E-state index is -1.15. The van der Waals surface area contributed by atoms with Crippen molar-refractivity contribution in [1.82, 2.24) is 5.32 Å². The van der Waals surface area contributed by atoms with Gasteiger partial charge in [-0.25, -0.2) is 4.79 Å². The molecule has 5 heteroatoms. The highest BCUT2D eigenvalue weighted by molar-refractivity contribution is 5.97. The summed E-state index contributed by atoms with van der Waals surface area (Å²) >= 11 is 0. The molecule has 1 atom stereocenters. The molecule has 0 spiro atoms. The van der Waals surface area contributed by atoms with E-state index in [9.17, 15) is 14.7 Å². The van der Waals surface area contributed by atoms with Gasteiger partial charge in [-0.3, -0.25) is 4.79 Å². The van der Waals surface area contributed by atoms with Gasteiger partial charge in [0.1, 0.15) is 6.04 Å². The fourth-order valence-corrected chi connectivity index (χ4v) is 2.91. The van der Waals surface area contributed by atoms with E-state index >= 15 is 0 Å². The maximum atomic E-state index is 12.5. The van der Waals surface area contributed by atoms with Crippen LogP contribution in [-0.4, -0.2) is 23.0 Å². The molecule has 0 aliphatic rings. The minimum Gasteiger partial charge on any atom is -0.480 e. The summed E-state index contributed by atoms with van der Waals surface area (Å²) in [5.74, 6) is -1.62. The fourth-order valence-electron chi connectivity index (χ4n) is 2.91. The lowest BCUT2D eigenvalue weighted by Gasteiger charge is -2.15. The summed E-state index contributed by atoms with van der Waals surface area (Å²) in [4.78, 5) is 24.1. The number of carboxylic acid groups (broad SMARTS) is 1. The Bertz CT molecular complexity index is 1020. The van der Waals surface area contributed by atoms with Crippen LogP contribution in [0.2, 0.25) is 0 Å². The second kappa shape index (κ2) is 8.65.